The van der Waals surface area contributed by atoms with Crippen molar-refractivity contribution in [2.75, 3.05) is 13.1 Å². The van der Waals surface area contributed by atoms with Crippen LogP contribution in [0.15, 0.2) is 22.7 Å². The van der Waals surface area contributed by atoms with E-state index in [2.05, 4.69) is 20.8 Å². The molecule has 2 aliphatic rings. The molecule has 1 aliphatic carbocycles. The van der Waals surface area contributed by atoms with Gasteiger partial charge in [0.25, 0.3) is 0 Å². The van der Waals surface area contributed by atoms with Crippen molar-refractivity contribution in [3.63, 3.8) is 0 Å². The Morgan fingerprint density at radius 2 is 2.05 bits per heavy atom. The Balaban J connectivity index is 1.95. The average Bonchev–Trinajstić information content (AvgIpc) is 3.26. The number of hydrogen-bond donors (Lipinski definition) is 1. The van der Waals surface area contributed by atoms with Crippen LogP contribution in [0.4, 0.5) is 4.39 Å². The van der Waals surface area contributed by atoms with Gasteiger partial charge in [-0.05, 0) is 78.3 Å². The molecule has 1 saturated heterocycles. The van der Waals surface area contributed by atoms with Crippen LogP contribution in [0.2, 0.25) is 0 Å². The smallest absolute Gasteiger partial charge is 0.137 e. The van der Waals surface area contributed by atoms with Gasteiger partial charge in [0.1, 0.15) is 5.82 Å². The van der Waals surface area contributed by atoms with Gasteiger partial charge >= 0.3 is 0 Å². The van der Waals surface area contributed by atoms with Crippen molar-refractivity contribution in [2.24, 2.45) is 11.7 Å². The molecule has 0 spiro atoms. The van der Waals surface area contributed by atoms with Crippen molar-refractivity contribution >= 4 is 15.9 Å². The van der Waals surface area contributed by atoms with Crippen LogP contribution in [0, 0.1) is 11.7 Å². The minimum atomic E-state index is -0.190. The van der Waals surface area contributed by atoms with Gasteiger partial charge in [-0.1, -0.05) is 12.5 Å². The summed E-state index contributed by atoms with van der Waals surface area (Å²) in [5.41, 5.74) is 7.25. The van der Waals surface area contributed by atoms with E-state index in [4.69, 9.17) is 5.73 Å². The molecule has 2 nitrogen and oxygen atoms in total. The molecule has 1 heterocycles. The Hall–Kier alpha value is -0.450. The lowest BCUT2D eigenvalue weighted by Crippen LogP contribution is -2.37. The van der Waals surface area contributed by atoms with Crippen LogP contribution in [0.3, 0.4) is 0 Å². The maximum absolute atomic E-state index is 13.5. The molecule has 4 heteroatoms. The second-order valence-corrected chi connectivity index (χ2v) is 6.93. The lowest BCUT2D eigenvalue weighted by atomic mass is 9.89. The molecular formula is C16H22BrFN2. The number of benzene rings is 1. The van der Waals surface area contributed by atoms with Crippen LogP contribution in [0.1, 0.15) is 43.7 Å². The molecule has 1 aromatic carbocycles. The van der Waals surface area contributed by atoms with Gasteiger partial charge in [0.2, 0.25) is 0 Å². The van der Waals surface area contributed by atoms with Gasteiger partial charge in [-0.2, -0.15) is 0 Å². The number of likely N-dealkylation sites (tertiary alicyclic amines) is 1. The van der Waals surface area contributed by atoms with E-state index in [0.717, 1.165) is 12.6 Å². The van der Waals surface area contributed by atoms with Gasteiger partial charge in [0, 0.05) is 12.1 Å². The maximum Gasteiger partial charge on any atom is 0.137 e. The Kier molecular flexibility index (Phi) is 4.43. The number of nitrogens with zero attached hydrogens (tertiary/aromatic N) is 1. The summed E-state index contributed by atoms with van der Waals surface area (Å²) in [6.07, 6.45) is 6.29. The van der Waals surface area contributed by atoms with E-state index in [1.165, 1.54) is 37.7 Å². The highest BCUT2D eigenvalue weighted by molar-refractivity contribution is 9.10. The molecule has 1 saturated carbocycles. The average molecular weight is 341 g/mol. The molecule has 2 fully saturated rings. The lowest BCUT2D eigenvalue weighted by molar-refractivity contribution is 0.149. The van der Waals surface area contributed by atoms with E-state index in [0.29, 0.717) is 23.0 Å². The van der Waals surface area contributed by atoms with Gasteiger partial charge in [0.15, 0.2) is 0 Å². The first-order chi connectivity index (χ1) is 9.70. The summed E-state index contributed by atoms with van der Waals surface area (Å²) in [6.45, 7) is 1.86. The molecule has 1 aromatic rings. The first kappa shape index (κ1) is 14.5. The molecule has 0 radical (unpaired) electrons. The van der Waals surface area contributed by atoms with Crippen LogP contribution in [-0.4, -0.2) is 24.0 Å². The topological polar surface area (TPSA) is 29.3 Å². The highest BCUT2D eigenvalue weighted by Gasteiger charge is 2.38. The SMILES string of the molecule is NCC1CCCCN(C2CC2)C1c1ccc(F)c(Br)c1. The summed E-state index contributed by atoms with van der Waals surface area (Å²) < 4.78 is 14.1. The molecule has 0 amide bonds. The third-order valence-electron chi connectivity index (χ3n) is 4.65. The van der Waals surface area contributed by atoms with Crippen LogP contribution in [0.5, 0.6) is 0 Å². The fourth-order valence-corrected chi connectivity index (χ4v) is 3.89. The predicted molar refractivity (Wildman–Crippen MR) is 83.0 cm³/mol. The maximum atomic E-state index is 13.5. The number of nitrogens with two attached hydrogens (primary N) is 1. The third-order valence-corrected chi connectivity index (χ3v) is 5.26. The minimum absolute atomic E-state index is 0.190. The van der Waals surface area contributed by atoms with Gasteiger partial charge in [0.05, 0.1) is 4.47 Å². The van der Waals surface area contributed by atoms with Crippen LogP contribution in [-0.2, 0) is 0 Å². The summed E-state index contributed by atoms with van der Waals surface area (Å²) in [4.78, 5) is 2.63. The van der Waals surface area contributed by atoms with Crippen molar-refractivity contribution in [2.45, 2.75) is 44.2 Å². The molecule has 110 valence electrons. The molecule has 3 rings (SSSR count). The lowest BCUT2D eigenvalue weighted by Gasteiger charge is -2.35. The van der Waals surface area contributed by atoms with Crippen molar-refractivity contribution < 1.29 is 4.39 Å². The first-order valence-corrected chi connectivity index (χ1v) is 8.40. The largest absolute Gasteiger partial charge is 0.330 e. The van der Waals surface area contributed by atoms with Crippen molar-refractivity contribution in [1.82, 2.24) is 4.90 Å². The fraction of sp³-hybridized carbons (Fsp3) is 0.625. The van der Waals surface area contributed by atoms with Crippen molar-refractivity contribution in [3.05, 3.63) is 34.1 Å². The van der Waals surface area contributed by atoms with E-state index in [1.54, 1.807) is 6.07 Å². The number of halogens is 2. The van der Waals surface area contributed by atoms with Crippen LogP contribution < -0.4 is 5.73 Å². The zero-order valence-corrected chi connectivity index (χ0v) is 13.3. The summed E-state index contributed by atoms with van der Waals surface area (Å²) in [5.74, 6) is 0.292. The molecule has 2 atom stereocenters. The zero-order chi connectivity index (χ0) is 14.1. The number of hydrogen-bond acceptors (Lipinski definition) is 2. The quantitative estimate of drug-likeness (QED) is 0.905. The highest BCUT2D eigenvalue weighted by Crippen LogP contribution is 2.42. The summed E-state index contributed by atoms with van der Waals surface area (Å²) in [5, 5.41) is 0. The van der Waals surface area contributed by atoms with Crippen molar-refractivity contribution in [3.8, 4) is 0 Å². The van der Waals surface area contributed by atoms with Gasteiger partial charge in [-0.15, -0.1) is 0 Å². The van der Waals surface area contributed by atoms with E-state index >= 15 is 0 Å². The van der Waals surface area contributed by atoms with E-state index in [1.807, 2.05) is 12.1 Å². The minimum Gasteiger partial charge on any atom is -0.330 e. The Labute approximate surface area is 128 Å². The molecule has 0 aromatic heterocycles. The Morgan fingerprint density at radius 3 is 2.70 bits per heavy atom. The predicted octanol–water partition coefficient (Wildman–Crippen LogP) is 3.85. The first-order valence-electron chi connectivity index (χ1n) is 7.61. The molecule has 2 unspecified atom stereocenters. The third kappa shape index (κ3) is 2.92. The summed E-state index contributed by atoms with van der Waals surface area (Å²) in [6, 6.07) is 6.53. The molecule has 2 N–H and O–H groups in total. The van der Waals surface area contributed by atoms with Crippen LogP contribution in [0.25, 0.3) is 0 Å². The van der Waals surface area contributed by atoms with E-state index in [-0.39, 0.29) is 5.82 Å². The second kappa shape index (κ2) is 6.12. The van der Waals surface area contributed by atoms with E-state index < -0.39 is 0 Å². The zero-order valence-electron chi connectivity index (χ0n) is 11.7. The summed E-state index contributed by atoms with van der Waals surface area (Å²) in [7, 11) is 0. The van der Waals surface area contributed by atoms with E-state index in [9.17, 15) is 4.39 Å². The van der Waals surface area contributed by atoms with Crippen molar-refractivity contribution in [1.29, 1.82) is 0 Å². The van der Waals surface area contributed by atoms with Gasteiger partial charge < -0.3 is 5.73 Å². The van der Waals surface area contributed by atoms with Gasteiger partial charge in [-0.3, -0.25) is 4.90 Å². The molecule has 1 aliphatic heterocycles. The standard InChI is InChI=1S/C16H22BrFN2/c17-14-9-11(4-7-15(14)18)16-12(10-19)3-1-2-8-20(16)13-5-6-13/h4,7,9,12-13,16H,1-3,5-6,8,10,19H2. The molecule has 0 bridgehead atoms. The van der Waals surface area contributed by atoms with Gasteiger partial charge in [-0.25, -0.2) is 4.39 Å². The number of rotatable bonds is 3. The van der Waals surface area contributed by atoms with Crippen LogP contribution >= 0.6 is 15.9 Å². The Morgan fingerprint density at radius 1 is 1.25 bits per heavy atom. The second-order valence-electron chi connectivity index (χ2n) is 6.08. The molecule has 20 heavy (non-hydrogen) atoms. The highest BCUT2D eigenvalue weighted by atomic mass is 79.9. The summed E-state index contributed by atoms with van der Waals surface area (Å²) >= 11 is 3.32. The molecular weight excluding hydrogens is 319 g/mol. The fourth-order valence-electron chi connectivity index (χ4n) is 3.49. The Bertz CT molecular complexity index is 476. The monoisotopic (exact) mass is 340 g/mol. The normalized spacial score (nSPS) is 28.4.